The zero-order valence-corrected chi connectivity index (χ0v) is 11.8. The molecule has 0 aliphatic carbocycles. The van der Waals surface area contributed by atoms with Crippen molar-refractivity contribution in [3.8, 4) is 5.69 Å². The second-order valence-corrected chi connectivity index (χ2v) is 5.23. The second-order valence-electron chi connectivity index (χ2n) is 5.23. The first-order chi connectivity index (χ1) is 10.3. The van der Waals surface area contributed by atoms with Gasteiger partial charge in [0, 0.05) is 11.8 Å². The maximum atomic E-state index is 12.9. The number of benzene rings is 2. The molecule has 0 fully saturated rings. The van der Waals surface area contributed by atoms with E-state index in [2.05, 4.69) is 25.1 Å². The molecule has 2 aromatic heterocycles. The zero-order valence-electron chi connectivity index (χ0n) is 11.8. The van der Waals surface area contributed by atoms with E-state index in [1.807, 2.05) is 47.0 Å². The van der Waals surface area contributed by atoms with E-state index in [-0.39, 0.29) is 5.69 Å². The molecule has 0 atom stereocenters. The Bertz CT molecular complexity index is 987. The summed E-state index contributed by atoms with van der Waals surface area (Å²) < 4.78 is 3.57. The van der Waals surface area contributed by atoms with Gasteiger partial charge in [0.05, 0.1) is 5.39 Å². The Morgan fingerprint density at radius 3 is 2.52 bits per heavy atom. The van der Waals surface area contributed by atoms with Gasteiger partial charge in [-0.15, -0.1) is 0 Å². The van der Waals surface area contributed by atoms with E-state index in [0.717, 1.165) is 34.1 Å². The predicted octanol–water partition coefficient (Wildman–Crippen LogP) is 2.73. The summed E-state index contributed by atoms with van der Waals surface area (Å²) in [5, 5.41) is 2.21. The maximum Gasteiger partial charge on any atom is 0.508 e. The molecule has 0 radical (unpaired) electrons. The van der Waals surface area contributed by atoms with Gasteiger partial charge in [0.2, 0.25) is 0 Å². The highest BCUT2D eigenvalue weighted by Gasteiger charge is 2.21. The Kier molecular flexibility index (Phi) is 2.54. The quantitative estimate of drug-likeness (QED) is 0.516. The van der Waals surface area contributed by atoms with Gasteiger partial charge in [-0.25, -0.2) is 0 Å². The molecule has 4 rings (SSSR count). The molecule has 3 nitrogen and oxygen atoms in total. The Hall–Kier alpha value is -2.68. The number of para-hydroxylation sites is 2. The van der Waals surface area contributed by atoms with Crippen molar-refractivity contribution in [3.05, 3.63) is 77.0 Å². The Labute approximate surface area is 122 Å². The zero-order chi connectivity index (χ0) is 14.4. The highest BCUT2D eigenvalue weighted by molar-refractivity contribution is 5.95. The van der Waals surface area contributed by atoms with Crippen LogP contribution in [0.5, 0.6) is 0 Å². The van der Waals surface area contributed by atoms with Gasteiger partial charge >= 0.3 is 5.69 Å². The normalized spacial score (nSPS) is 11.5. The molecule has 0 unspecified atom stereocenters. The summed E-state index contributed by atoms with van der Waals surface area (Å²) in [7, 11) is 0. The third-order valence-electron chi connectivity index (χ3n) is 3.99. The van der Waals surface area contributed by atoms with Crippen LogP contribution in [-0.2, 0) is 6.42 Å². The van der Waals surface area contributed by atoms with E-state index in [1.165, 1.54) is 0 Å². The van der Waals surface area contributed by atoms with Crippen molar-refractivity contribution < 1.29 is 4.57 Å². The molecule has 102 valence electrons. The van der Waals surface area contributed by atoms with Crippen LogP contribution in [-0.4, -0.2) is 4.40 Å². The van der Waals surface area contributed by atoms with Crippen LogP contribution in [0.15, 0.2) is 65.6 Å². The fourth-order valence-electron chi connectivity index (χ4n) is 3.00. The highest BCUT2D eigenvalue weighted by Crippen LogP contribution is 2.22. The van der Waals surface area contributed by atoms with E-state index >= 15 is 0 Å². The monoisotopic (exact) mass is 275 g/mol. The van der Waals surface area contributed by atoms with Gasteiger partial charge in [0.15, 0.2) is 5.52 Å². The van der Waals surface area contributed by atoms with E-state index in [1.54, 1.807) is 4.57 Å². The first-order valence-electron chi connectivity index (χ1n) is 7.16. The molecule has 0 spiro atoms. The molecular formula is C18H15N2O+. The second kappa shape index (κ2) is 4.42. The van der Waals surface area contributed by atoms with Gasteiger partial charge in [-0.2, -0.15) is 13.8 Å². The standard InChI is InChI=1S/C18H15N2O/c1-2-15-11-13-7-6-8-14-12-19(16-9-4-3-5-10-16)18(21)20(15)17(13)14/h3-12H,2H2,1H3/q+1. The number of nitrogens with zero attached hydrogens (tertiary/aromatic N) is 2. The first-order valence-corrected chi connectivity index (χ1v) is 7.16. The SMILES string of the molecule is CCc1cc2cccc3c[n+](-c4ccccc4)c(=O)n1c23. The van der Waals surface area contributed by atoms with E-state index in [0.29, 0.717) is 0 Å². The minimum absolute atomic E-state index is 0.00764. The lowest BCUT2D eigenvalue weighted by Gasteiger charge is -2.02. The van der Waals surface area contributed by atoms with Crippen LogP contribution in [0.25, 0.3) is 22.0 Å². The minimum Gasteiger partial charge on any atom is -0.196 e. The van der Waals surface area contributed by atoms with Crippen LogP contribution in [0.1, 0.15) is 12.6 Å². The summed E-state index contributed by atoms with van der Waals surface area (Å²) in [5.74, 6) is 0. The molecule has 3 heteroatoms. The fraction of sp³-hybridized carbons (Fsp3) is 0.111. The van der Waals surface area contributed by atoms with Crippen LogP contribution in [0.2, 0.25) is 0 Å². The van der Waals surface area contributed by atoms with Gasteiger partial charge in [-0.3, -0.25) is 0 Å². The predicted molar refractivity (Wildman–Crippen MR) is 83.3 cm³/mol. The number of aryl methyl sites for hydroxylation is 1. The Morgan fingerprint density at radius 1 is 1.00 bits per heavy atom. The van der Waals surface area contributed by atoms with Crippen LogP contribution in [0.4, 0.5) is 0 Å². The van der Waals surface area contributed by atoms with Crippen molar-refractivity contribution in [2.75, 3.05) is 0 Å². The lowest BCUT2D eigenvalue weighted by Crippen LogP contribution is -2.50. The third kappa shape index (κ3) is 1.67. The van der Waals surface area contributed by atoms with Crippen molar-refractivity contribution in [2.24, 2.45) is 0 Å². The summed E-state index contributed by atoms with van der Waals surface area (Å²) in [4.78, 5) is 12.9. The largest absolute Gasteiger partial charge is 0.508 e. The topological polar surface area (TPSA) is 25.4 Å². The molecule has 0 bridgehead atoms. The molecule has 0 aliphatic heterocycles. The molecule has 21 heavy (non-hydrogen) atoms. The Morgan fingerprint density at radius 2 is 1.76 bits per heavy atom. The molecule has 4 aromatic rings. The van der Waals surface area contributed by atoms with Gasteiger partial charge in [-0.1, -0.05) is 37.3 Å². The molecule has 0 saturated heterocycles. The molecule has 2 heterocycles. The molecule has 0 amide bonds. The Balaban J connectivity index is 2.20. The summed E-state index contributed by atoms with van der Waals surface area (Å²) >= 11 is 0. The maximum absolute atomic E-state index is 12.9. The number of rotatable bonds is 2. The summed E-state index contributed by atoms with van der Waals surface area (Å²) in [6.07, 6.45) is 2.77. The molecule has 0 aliphatic rings. The van der Waals surface area contributed by atoms with Gasteiger partial charge in [-0.05, 0) is 24.3 Å². The third-order valence-corrected chi connectivity index (χ3v) is 3.99. The average molecular weight is 275 g/mol. The van der Waals surface area contributed by atoms with E-state index in [4.69, 9.17) is 0 Å². The van der Waals surface area contributed by atoms with Gasteiger partial charge in [0.25, 0.3) is 0 Å². The molecule has 2 aromatic carbocycles. The number of aromatic nitrogens is 2. The summed E-state index contributed by atoms with van der Waals surface area (Å²) in [5.41, 5.74) is 2.95. The molecular weight excluding hydrogens is 260 g/mol. The number of hydrogen-bond acceptors (Lipinski definition) is 1. The van der Waals surface area contributed by atoms with Gasteiger partial charge < -0.3 is 0 Å². The smallest absolute Gasteiger partial charge is 0.196 e. The minimum atomic E-state index is -0.00764. The molecule has 0 N–H and O–H groups in total. The van der Waals surface area contributed by atoms with Crippen molar-refractivity contribution in [2.45, 2.75) is 13.3 Å². The highest BCUT2D eigenvalue weighted by atomic mass is 16.1. The van der Waals surface area contributed by atoms with Crippen LogP contribution >= 0.6 is 0 Å². The fourth-order valence-corrected chi connectivity index (χ4v) is 3.00. The summed E-state index contributed by atoms with van der Waals surface area (Å²) in [6, 6.07) is 18.0. The van der Waals surface area contributed by atoms with Crippen molar-refractivity contribution >= 4 is 16.3 Å². The van der Waals surface area contributed by atoms with Crippen LogP contribution in [0.3, 0.4) is 0 Å². The van der Waals surface area contributed by atoms with Gasteiger partial charge in [0.1, 0.15) is 17.6 Å². The van der Waals surface area contributed by atoms with Crippen LogP contribution in [0, 0.1) is 0 Å². The average Bonchev–Trinajstić information content (AvgIpc) is 2.92. The van der Waals surface area contributed by atoms with Crippen molar-refractivity contribution in [1.29, 1.82) is 0 Å². The van der Waals surface area contributed by atoms with Crippen LogP contribution < -0.4 is 10.3 Å². The number of hydrogen-bond donors (Lipinski definition) is 0. The lowest BCUT2D eigenvalue weighted by molar-refractivity contribution is -0.614. The van der Waals surface area contributed by atoms with E-state index in [9.17, 15) is 4.79 Å². The lowest BCUT2D eigenvalue weighted by atomic mass is 10.2. The summed E-state index contributed by atoms with van der Waals surface area (Å²) in [6.45, 7) is 2.08. The van der Waals surface area contributed by atoms with Crippen molar-refractivity contribution in [1.82, 2.24) is 4.40 Å². The van der Waals surface area contributed by atoms with E-state index < -0.39 is 0 Å². The molecule has 0 saturated carbocycles. The first kappa shape index (κ1) is 12.1. The van der Waals surface area contributed by atoms with Crippen molar-refractivity contribution in [3.63, 3.8) is 0 Å².